The molecule has 0 aliphatic heterocycles. The first-order chi connectivity index (χ1) is 9.24. The maximum absolute atomic E-state index is 2.61. The molecule has 2 aliphatic carbocycles. The highest BCUT2D eigenvalue weighted by Crippen LogP contribution is 2.48. The van der Waals surface area contributed by atoms with Crippen LogP contribution < -0.4 is 5.19 Å². The van der Waals surface area contributed by atoms with E-state index in [1.54, 1.807) is 5.19 Å². The predicted octanol–water partition coefficient (Wildman–Crippen LogP) is 4.51. The van der Waals surface area contributed by atoms with Crippen LogP contribution in [0.5, 0.6) is 0 Å². The van der Waals surface area contributed by atoms with Crippen LogP contribution in [0.25, 0.3) is 0 Å². The van der Waals surface area contributed by atoms with Crippen LogP contribution in [-0.2, 0) is 0 Å². The Morgan fingerprint density at radius 1 is 1.00 bits per heavy atom. The molecule has 3 unspecified atom stereocenters. The van der Waals surface area contributed by atoms with Crippen molar-refractivity contribution in [2.45, 2.75) is 37.9 Å². The van der Waals surface area contributed by atoms with Crippen molar-refractivity contribution in [3.63, 3.8) is 0 Å². The van der Waals surface area contributed by atoms with E-state index in [4.69, 9.17) is 0 Å². The molecule has 1 heteroatoms. The van der Waals surface area contributed by atoms with Gasteiger partial charge in [0.2, 0.25) is 0 Å². The molecule has 0 heterocycles. The quantitative estimate of drug-likeness (QED) is 0.707. The first kappa shape index (κ1) is 12.9. The average Bonchev–Trinajstić information content (AvgIpc) is 2.92. The zero-order valence-corrected chi connectivity index (χ0v) is 13.0. The molecule has 0 saturated heterocycles. The largest absolute Gasteiger partial charge is 0.0865 e. The lowest BCUT2D eigenvalue weighted by molar-refractivity contribution is 0.552. The molecule has 2 aliphatic rings. The molecule has 1 aromatic carbocycles. The van der Waals surface area contributed by atoms with Crippen LogP contribution in [-0.4, -0.2) is 8.07 Å². The van der Waals surface area contributed by atoms with Crippen LogP contribution in [0.2, 0.25) is 18.1 Å². The van der Waals surface area contributed by atoms with Gasteiger partial charge in [0.05, 0.1) is 8.07 Å². The SMILES string of the molecule is CC[Si](C)(c1ccccc1)C1CC2C=CC=CC2C1. The van der Waals surface area contributed by atoms with Gasteiger partial charge < -0.3 is 0 Å². The smallest absolute Gasteiger partial charge is 0.0808 e. The minimum atomic E-state index is -1.32. The lowest BCUT2D eigenvalue weighted by Crippen LogP contribution is -2.47. The second-order valence-corrected chi connectivity index (χ2v) is 11.3. The summed E-state index contributed by atoms with van der Waals surface area (Å²) in [5.41, 5.74) is 0.947. The van der Waals surface area contributed by atoms with Crippen LogP contribution in [0.1, 0.15) is 19.8 Å². The maximum atomic E-state index is 2.61. The van der Waals surface area contributed by atoms with Crippen molar-refractivity contribution < 1.29 is 0 Å². The number of hydrogen-bond acceptors (Lipinski definition) is 0. The van der Waals surface area contributed by atoms with Crippen LogP contribution >= 0.6 is 0 Å². The molecule has 100 valence electrons. The zero-order chi connectivity index (χ0) is 13.3. The van der Waals surface area contributed by atoms with E-state index < -0.39 is 8.07 Å². The fourth-order valence-corrected chi connectivity index (χ4v) is 8.02. The summed E-state index contributed by atoms with van der Waals surface area (Å²) in [6, 6.07) is 12.7. The van der Waals surface area contributed by atoms with Gasteiger partial charge in [0.1, 0.15) is 0 Å². The summed E-state index contributed by atoms with van der Waals surface area (Å²) in [6.07, 6.45) is 12.2. The third-order valence-corrected chi connectivity index (χ3v) is 11.0. The molecular formula is C18H24Si. The van der Waals surface area contributed by atoms with Crippen LogP contribution in [0, 0.1) is 11.8 Å². The molecule has 19 heavy (non-hydrogen) atoms. The van der Waals surface area contributed by atoms with Crippen molar-refractivity contribution in [3.8, 4) is 0 Å². The minimum Gasteiger partial charge on any atom is -0.0808 e. The van der Waals surface area contributed by atoms with Gasteiger partial charge in [-0.3, -0.25) is 0 Å². The van der Waals surface area contributed by atoms with E-state index in [0.717, 1.165) is 17.4 Å². The zero-order valence-electron chi connectivity index (χ0n) is 12.0. The first-order valence-electron chi connectivity index (χ1n) is 7.64. The Balaban J connectivity index is 1.87. The molecule has 1 aromatic rings. The molecule has 1 fully saturated rings. The van der Waals surface area contributed by atoms with Crippen molar-refractivity contribution in [2.75, 3.05) is 0 Å². The molecule has 0 N–H and O–H groups in total. The summed E-state index contributed by atoms with van der Waals surface area (Å²) in [6.45, 7) is 5.02. The molecule has 0 spiro atoms. The third-order valence-electron chi connectivity index (χ3n) is 5.56. The van der Waals surface area contributed by atoms with E-state index in [2.05, 4.69) is 68.1 Å². The molecular weight excluding hydrogens is 244 g/mol. The summed E-state index contributed by atoms with van der Waals surface area (Å²) in [5, 5.41) is 1.66. The van der Waals surface area contributed by atoms with Crippen LogP contribution in [0.4, 0.5) is 0 Å². The predicted molar refractivity (Wildman–Crippen MR) is 86.4 cm³/mol. The van der Waals surface area contributed by atoms with Crippen molar-refractivity contribution in [2.24, 2.45) is 11.8 Å². The Hall–Kier alpha value is -1.08. The third kappa shape index (κ3) is 2.25. The van der Waals surface area contributed by atoms with Gasteiger partial charge in [0.25, 0.3) is 0 Å². The van der Waals surface area contributed by atoms with Crippen LogP contribution in [0.3, 0.4) is 0 Å². The van der Waals surface area contributed by atoms with Gasteiger partial charge >= 0.3 is 0 Å². The maximum Gasteiger partial charge on any atom is 0.0865 e. The number of rotatable bonds is 3. The summed E-state index contributed by atoms with van der Waals surface area (Å²) >= 11 is 0. The second-order valence-electron chi connectivity index (χ2n) is 6.40. The summed E-state index contributed by atoms with van der Waals surface area (Å²) in [5.74, 6) is 1.63. The Morgan fingerprint density at radius 2 is 1.58 bits per heavy atom. The standard InChI is InChI=1S/C18H24Si/c1-3-19(2,17-11-5-4-6-12-17)18-13-15-9-7-8-10-16(15)14-18/h4-12,15-16,18H,3,13-14H2,1-2H3. The fraction of sp³-hybridized carbons (Fsp3) is 0.444. The van der Waals surface area contributed by atoms with Gasteiger partial charge in [-0.1, -0.05) is 79.3 Å². The number of benzene rings is 1. The average molecular weight is 268 g/mol. The highest BCUT2D eigenvalue weighted by atomic mass is 28.3. The molecule has 3 atom stereocenters. The highest BCUT2D eigenvalue weighted by Gasteiger charge is 2.43. The van der Waals surface area contributed by atoms with E-state index in [1.165, 1.54) is 18.9 Å². The lowest BCUT2D eigenvalue weighted by Gasteiger charge is -2.33. The van der Waals surface area contributed by atoms with Crippen molar-refractivity contribution in [1.29, 1.82) is 0 Å². The molecule has 0 amide bonds. The van der Waals surface area contributed by atoms with E-state index in [-0.39, 0.29) is 0 Å². The van der Waals surface area contributed by atoms with E-state index in [1.807, 2.05) is 0 Å². The van der Waals surface area contributed by atoms with Gasteiger partial charge in [-0.25, -0.2) is 0 Å². The Bertz CT molecular complexity index is 468. The number of hydrogen-bond donors (Lipinski definition) is 0. The first-order valence-corrected chi connectivity index (χ1v) is 10.4. The van der Waals surface area contributed by atoms with Gasteiger partial charge in [0.15, 0.2) is 0 Å². The molecule has 0 aromatic heterocycles. The Labute approximate surface area is 118 Å². The molecule has 0 bridgehead atoms. The second kappa shape index (κ2) is 5.13. The number of allylic oxidation sites excluding steroid dienone is 4. The molecule has 3 rings (SSSR count). The summed E-state index contributed by atoms with van der Waals surface area (Å²) in [4.78, 5) is 0. The number of fused-ring (bicyclic) bond motifs is 1. The Kier molecular flexibility index (Phi) is 3.49. The molecule has 1 saturated carbocycles. The van der Waals surface area contributed by atoms with Crippen LogP contribution in [0.15, 0.2) is 54.6 Å². The van der Waals surface area contributed by atoms with Gasteiger partial charge in [-0.2, -0.15) is 0 Å². The van der Waals surface area contributed by atoms with Gasteiger partial charge in [-0.05, 0) is 30.2 Å². The van der Waals surface area contributed by atoms with E-state index >= 15 is 0 Å². The molecule has 0 nitrogen and oxygen atoms in total. The van der Waals surface area contributed by atoms with Gasteiger partial charge in [-0.15, -0.1) is 0 Å². The van der Waals surface area contributed by atoms with E-state index in [0.29, 0.717) is 0 Å². The highest BCUT2D eigenvalue weighted by molar-refractivity contribution is 6.92. The monoisotopic (exact) mass is 268 g/mol. The van der Waals surface area contributed by atoms with Crippen molar-refractivity contribution >= 4 is 13.3 Å². The van der Waals surface area contributed by atoms with Gasteiger partial charge in [0, 0.05) is 0 Å². The summed E-state index contributed by atoms with van der Waals surface area (Å²) < 4.78 is 0. The topological polar surface area (TPSA) is 0 Å². The Morgan fingerprint density at radius 3 is 2.11 bits per heavy atom. The molecule has 0 radical (unpaired) electrons. The normalized spacial score (nSPS) is 32.0. The van der Waals surface area contributed by atoms with Crippen molar-refractivity contribution in [3.05, 3.63) is 54.6 Å². The summed E-state index contributed by atoms with van der Waals surface area (Å²) in [7, 11) is -1.32. The fourth-order valence-electron chi connectivity index (χ4n) is 4.03. The van der Waals surface area contributed by atoms with Crippen molar-refractivity contribution in [1.82, 2.24) is 0 Å². The minimum absolute atomic E-state index is 0.817. The lowest BCUT2D eigenvalue weighted by atomic mass is 9.92. The van der Waals surface area contributed by atoms with E-state index in [9.17, 15) is 0 Å².